The van der Waals surface area contributed by atoms with Gasteiger partial charge in [0, 0.05) is 10.4 Å². The maximum Gasteiger partial charge on any atom is 0.337 e. The van der Waals surface area contributed by atoms with Crippen molar-refractivity contribution in [3.05, 3.63) is 97.5 Å². The first kappa shape index (κ1) is 18.1. The molecule has 2 aromatic heterocycles. The quantitative estimate of drug-likeness (QED) is 0.499. The Morgan fingerprint density at radius 1 is 0.964 bits per heavy atom. The van der Waals surface area contributed by atoms with Crippen molar-refractivity contribution in [3.8, 4) is 5.69 Å². The van der Waals surface area contributed by atoms with E-state index in [1.165, 1.54) is 15.9 Å². The summed E-state index contributed by atoms with van der Waals surface area (Å²) in [4.78, 5) is 40.5. The normalized spacial score (nSPS) is 11.1. The van der Waals surface area contributed by atoms with E-state index in [0.29, 0.717) is 21.5 Å². The fourth-order valence-corrected chi connectivity index (χ4v) is 4.18. The van der Waals surface area contributed by atoms with Crippen LogP contribution in [0.3, 0.4) is 0 Å². The molecule has 4 aromatic rings. The van der Waals surface area contributed by atoms with Gasteiger partial charge in [-0.2, -0.15) is 0 Å². The summed E-state index contributed by atoms with van der Waals surface area (Å²) in [6.45, 7) is 3.71. The van der Waals surface area contributed by atoms with Crippen molar-refractivity contribution in [1.29, 1.82) is 0 Å². The molecular formula is C22H18N2O3S. The second-order valence-corrected chi connectivity index (χ2v) is 7.94. The van der Waals surface area contributed by atoms with E-state index in [1.807, 2.05) is 32.0 Å². The zero-order valence-electron chi connectivity index (χ0n) is 15.5. The molecule has 0 amide bonds. The third-order valence-corrected chi connectivity index (χ3v) is 5.70. The number of hydrogen-bond acceptors (Lipinski definition) is 4. The molecule has 5 nitrogen and oxygen atoms in total. The number of carbonyl (C=O) groups excluding carboxylic acids is 1. The van der Waals surface area contributed by atoms with Crippen LogP contribution in [0.25, 0.3) is 15.9 Å². The van der Waals surface area contributed by atoms with E-state index in [1.54, 1.807) is 42.5 Å². The largest absolute Gasteiger partial charge is 0.337 e. The second-order valence-electron chi connectivity index (χ2n) is 6.71. The van der Waals surface area contributed by atoms with Crippen molar-refractivity contribution >= 4 is 27.3 Å². The summed E-state index contributed by atoms with van der Waals surface area (Å²) in [5.74, 6) is -0.173. The third kappa shape index (κ3) is 3.12. The number of fused-ring (bicyclic) bond motifs is 1. The van der Waals surface area contributed by atoms with Crippen molar-refractivity contribution in [2.75, 3.05) is 0 Å². The van der Waals surface area contributed by atoms with Gasteiger partial charge in [0.1, 0.15) is 4.83 Å². The molecule has 0 N–H and O–H groups in total. The van der Waals surface area contributed by atoms with Gasteiger partial charge in [-0.15, -0.1) is 11.3 Å². The predicted molar refractivity (Wildman–Crippen MR) is 112 cm³/mol. The van der Waals surface area contributed by atoms with Gasteiger partial charge < -0.3 is 0 Å². The molecule has 0 aliphatic rings. The summed E-state index contributed by atoms with van der Waals surface area (Å²) in [6.07, 6.45) is 0. The first-order valence-electron chi connectivity index (χ1n) is 8.87. The Bertz CT molecular complexity index is 1300. The minimum Gasteiger partial charge on any atom is -0.292 e. The number of rotatable bonds is 4. The molecule has 0 fully saturated rings. The van der Waals surface area contributed by atoms with Gasteiger partial charge in [0.25, 0.3) is 5.56 Å². The van der Waals surface area contributed by atoms with Gasteiger partial charge in [-0.1, -0.05) is 48.0 Å². The van der Waals surface area contributed by atoms with Crippen molar-refractivity contribution in [2.45, 2.75) is 20.4 Å². The Balaban J connectivity index is 1.92. The van der Waals surface area contributed by atoms with E-state index in [-0.39, 0.29) is 17.9 Å². The number of aryl methyl sites for hydroxylation is 2. The van der Waals surface area contributed by atoms with Crippen LogP contribution in [0.5, 0.6) is 0 Å². The Kier molecular flexibility index (Phi) is 4.57. The molecule has 0 aliphatic carbocycles. The van der Waals surface area contributed by atoms with Crippen LogP contribution in [0, 0.1) is 13.8 Å². The zero-order valence-corrected chi connectivity index (χ0v) is 16.3. The number of para-hydroxylation sites is 1. The lowest BCUT2D eigenvalue weighted by Crippen LogP contribution is -2.39. The third-order valence-electron chi connectivity index (χ3n) is 4.63. The number of Topliss-reactive ketones (excluding diaryl/α,β-unsaturated/α-hetero) is 1. The van der Waals surface area contributed by atoms with Crippen molar-refractivity contribution < 1.29 is 4.79 Å². The summed E-state index contributed by atoms with van der Waals surface area (Å²) >= 11 is 1.35. The smallest absolute Gasteiger partial charge is 0.292 e. The number of carbonyl (C=O) groups is 1. The van der Waals surface area contributed by atoms with Gasteiger partial charge in [-0.25, -0.2) is 9.36 Å². The minimum absolute atomic E-state index is 0.120. The van der Waals surface area contributed by atoms with Crippen molar-refractivity contribution in [2.24, 2.45) is 0 Å². The highest BCUT2D eigenvalue weighted by Gasteiger charge is 2.19. The first-order valence-corrected chi connectivity index (χ1v) is 9.68. The van der Waals surface area contributed by atoms with Gasteiger partial charge in [0.2, 0.25) is 0 Å². The summed E-state index contributed by atoms with van der Waals surface area (Å²) in [5.41, 5.74) is 1.21. The fourth-order valence-electron chi connectivity index (χ4n) is 3.19. The summed E-state index contributed by atoms with van der Waals surface area (Å²) in [7, 11) is 0. The maximum atomic E-state index is 13.2. The minimum atomic E-state index is -0.508. The Morgan fingerprint density at radius 3 is 2.32 bits per heavy atom. The Labute approximate surface area is 165 Å². The topological polar surface area (TPSA) is 61.1 Å². The molecule has 2 heterocycles. The monoisotopic (exact) mass is 390 g/mol. The Morgan fingerprint density at radius 2 is 1.64 bits per heavy atom. The lowest BCUT2D eigenvalue weighted by atomic mass is 10.1. The fraction of sp³-hybridized carbons (Fsp3) is 0.136. The van der Waals surface area contributed by atoms with Crippen LogP contribution in [0.2, 0.25) is 0 Å². The maximum absolute atomic E-state index is 13.2. The van der Waals surface area contributed by atoms with E-state index < -0.39 is 5.69 Å². The number of thiophene rings is 1. The molecule has 4 rings (SSSR count). The number of nitrogens with zero attached hydrogens (tertiary/aromatic N) is 2. The van der Waals surface area contributed by atoms with Crippen LogP contribution in [-0.4, -0.2) is 14.9 Å². The van der Waals surface area contributed by atoms with Crippen molar-refractivity contribution in [1.82, 2.24) is 9.13 Å². The molecule has 0 atom stereocenters. The van der Waals surface area contributed by atoms with Crippen LogP contribution in [0.15, 0.2) is 70.3 Å². The number of aromatic nitrogens is 2. The highest BCUT2D eigenvalue weighted by molar-refractivity contribution is 7.18. The predicted octanol–water partition coefficient (Wildman–Crippen LogP) is 3.71. The van der Waals surface area contributed by atoms with E-state index in [4.69, 9.17) is 0 Å². The van der Waals surface area contributed by atoms with Gasteiger partial charge in [0.05, 0.1) is 17.6 Å². The van der Waals surface area contributed by atoms with Crippen LogP contribution in [0.1, 0.15) is 20.8 Å². The van der Waals surface area contributed by atoms with E-state index in [0.717, 1.165) is 15.0 Å². The zero-order chi connectivity index (χ0) is 19.8. The molecular weight excluding hydrogens is 372 g/mol. The van der Waals surface area contributed by atoms with Crippen LogP contribution < -0.4 is 11.2 Å². The molecule has 0 aliphatic heterocycles. The lowest BCUT2D eigenvalue weighted by Gasteiger charge is -2.11. The molecule has 0 spiro atoms. The number of benzene rings is 2. The number of hydrogen-bond donors (Lipinski definition) is 0. The van der Waals surface area contributed by atoms with Crippen LogP contribution in [-0.2, 0) is 6.54 Å². The lowest BCUT2D eigenvalue weighted by molar-refractivity contribution is 0.0972. The van der Waals surface area contributed by atoms with Crippen molar-refractivity contribution in [3.63, 3.8) is 0 Å². The molecule has 0 bridgehead atoms. The molecule has 0 unspecified atom stereocenters. The molecule has 0 saturated heterocycles. The summed E-state index contributed by atoms with van der Waals surface area (Å²) < 4.78 is 2.54. The van der Waals surface area contributed by atoms with Crippen LogP contribution in [0.4, 0.5) is 0 Å². The number of ketones is 1. The van der Waals surface area contributed by atoms with E-state index in [9.17, 15) is 14.4 Å². The van der Waals surface area contributed by atoms with E-state index in [2.05, 4.69) is 0 Å². The summed E-state index contributed by atoms with van der Waals surface area (Å²) in [6, 6.07) is 17.8. The van der Waals surface area contributed by atoms with Gasteiger partial charge >= 0.3 is 5.69 Å². The molecule has 28 heavy (non-hydrogen) atoms. The Hall–Kier alpha value is -3.25. The molecule has 140 valence electrons. The second kappa shape index (κ2) is 7.05. The summed E-state index contributed by atoms with van der Waals surface area (Å²) in [5, 5.41) is 0.447. The molecule has 2 aromatic carbocycles. The average molecular weight is 390 g/mol. The average Bonchev–Trinajstić information content (AvgIpc) is 3.08. The SMILES string of the molecule is Cc1ccc(C(=O)Cn2c(=O)n(-c3ccccc3)c(=O)c3cc(C)sc32)cc1. The van der Waals surface area contributed by atoms with Gasteiger partial charge in [0.15, 0.2) is 5.78 Å². The van der Waals surface area contributed by atoms with Gasteiger partial charge in [-0.05, 0) is 32.0 Å². The van der Waals surface area contributed by atoms with Gasteiger partial charge in [-0.3, -0.25) is 14.2 Å². The highest BCUT2D eigenvalue weighted by atomic mass is 32.1. The highest BCUT2D eigenvalue weighted by Crippen LogP contribution is 2.22. The standard InChI is InChI=1S/C22H18N2O3S/c1-14-8-10-16(11-9-14)19(25)13-23-21-18(12-15(2)28-21)20(26)24(22(23)27)17-6-4-3-5-7-17/h3-12H,13H2,1-2H3. The molecule has 6 heteroatoms. The van der Waals surface area contributed by atoms with E-state index >= 15 is 0 Å². The first-order chi connectivity index (χ1) is 13.5. The molecule has 0 radical (unpaired) electrons. The molecule has 0 saturated carbocycles. The van der Waals surface area contributed by atoms with Crippen LogP contribution >= 0.6 is 11.3 Å².